The fourth-order valence-electron chi connectivity index (χ4n) is 4.09. The summed E-state index contributed by atoms with van der Waals surface area (Å²) in [7, 11) is 0. The molecule has 1 saturated heterocycles. The molecule has 9 heteroatoms. The predicted octanol–water partition coefficient (Wildman–Crippen LogP) is 3.02. The average molecular weight is 433 g/mol. The van der Waals surface area contributed by atoms with Gasteiger partial charge in [-0.1, -0.05) is 17.3 Å². The number of carbonyl (C=O) groups excluding carboxylic acids is 2. The number of carbonyl (C=O) groups is 2. The van der Waals surface area contributed by atoms with E-state index >= 15 is 0 Å². The molecule has 0 atom stereocenters. The number of amides is 2. The molecule has 0 spiro atoms. The molecule has 2 amide bonds. The first kappa shape index (κ1) is 20.0. The summed E-state index contributed by atoms with van der Waals surface area (Å²) in [5.41, 5.74) is 2.63. The van der Waals surface area contributed by atoms with Gasteiger partial charge in [0.25, 0.3) is 5.91 Å². The van der Waals surface area contributed by atoms with Crippen molar-refractivity contribution in [1.29, 1.82) is 0 Å². The molecule has 1 fully saturated rings. The number of aromatic nitrogens is 3. The first-order valence-electron chi connectivity index (χ1n) is 10.6. The van der Waals surface area contributed by atoms with Crippen LogP contribution in [-0.2, 0) is 17.8 Å². The molecular formula is C23H23N5O4. The molecule has 9 nitrogen and oxygen atoms in total. The molecule has 1 aromatic carbocycles. The zero-order valence-corrected chi connectivity index (χ0v) is 17.4. The number of piperidine rings is 1. The second-order valence-electron chi connectivity index (χ2n) is 7.93. The fraction of sp³-hybridized carbons (Fsp3) is 0.304. The van der Waals surface area contributed by atoms with Crippen molar-refractivity contribution in [3.63, 3.8) is 0 Å². The Morgan fingerprint density at radius 1 is 1.16 bits per heavy atom. The molecule has 2 N–H and O–H groups in total. The van der Waals surface area contributed by atoms with E-state index in [-0.39, 0.29) is 24.2 Å². The van der Waals surface area contributed by atoms with Crippen LogP contribution < -0.4 is 5.32 Å². The number of benzene rings is 1. The highest BCUT2D eigenvalue weighted by molar-refractivity contribution is 5.92. The van der Waals surface area contributed by atoms with Gasteiger partial charge in [-0.25, -0.2) is 0 Å². The number of hydrogen-bond acceptors (Lipinski definition) is 6. The Hall–Kier alpha value is -3.88. The van der Waals surface area contributed by atoms with Gasteiger partial charge in [0, 0.05) is 30.1 Å². The number of rotatable bonds is 6. The minimum atomic E-state index is -0.253. The predicted molar refractivity (Wildman–Crippen MR) is 115 cm³/mol. The van der Waals surface area contributed by atoms with Crippen LogP contribution >= 0.6 is 0 Å². The van der Waals surface area contributed by atoms with Gasteiger partial charge in [0.05, 0.1) is 19.2 Å². The fourth-order valence-corrected chi connectivity index (χ4v) is 4.09. The van der Waals surface area contributed by atoms with Crippen LogP contribution in [0.3, 0.4) is 0 Å². The van der Waals surface area contributed by atoms with Gasteiger partial charge in [-0.2, -0.15) is 5.10 Å². The van der Waals surface area contributed by atoms with Crippen molar-refractivity contribution in [3.05, 3.63) is 71.6 Å². The Balaban J connectivity index is 1.14. The van der Waals surface area contributed by atoms with Crippen molar-refractivity contribution in [2.24, 2.45) is 0 Å². The van der Waals surface area contributed by atoms with Crippen molar-refractivity contribution < 1.29 is 18.5 Å². The maximum Gasteiger partial charge on any atom is 0.272 e. The van der Waals surface area contributed by atoms with E-state index in [0.717, 1.165) is 23.9 Å². The Bertz CT molecular complexity index is 1220. The monoisotopic (exact) mass is 433 g/mol. The van der Waals surface area contributed by atoms with Crippen LogP contribution in [0.2, 0.25) is 0 Å². The highest BCUT2D eigenvalue weighted by atomic mass is 16.5. The molecule has 1 aliphatic heterocycles. The molecule has 0 aliphatic carbocycles. The standard InChI is InChI=1S/C23H23N5O4/c29-22(13-19-17-5-1-2-6-21(17)32-27-19)28-9-7-15(8-10-28)18-12-20(26-25-18)23(30)24-14-16-4-3-11-31-16/h1-6,11-12,15H,7-10,13-14H2,(H,24,30)(H,25,26). The van der Waals surface area contributed by atoms with Gasteiger partial charge in [0.2, 0.25) is 5.91 Å². The number of H-pyrrole nitrogens is 1. The summed E-state index contributed by atoms with van der Waals surface area (Å²) in [4.78, 5) is 27.0. The molecule has 3 aromatic heterocycles. The average Bonchev–Trinajstić information content (AvgIpc) is 3.59. The molecule has 164 valence electrons. The van der Waals surface area contributed by atoms with Crippen LogP contribution in [0.15, 0.2) is 57.7 Å². The topological polar surface area (TPSA) is 117 Å². The lowest BCUT2D eigenvalue weighted by molar-refractivity contribution is -0.131. The Labute approximate surface area is 183 Å². The van der Waals surface area contributed by atoms with Gasteiger partial charge >= 0.3 is 0 Å². The smallest absolute Gasteiger partial charge is 0.272 e. The highest BCUT2D eigenvalue weighted by Crippen LogP contribution is 2.28. The number of fused-ring (bicyclic) bond motifs is 1. The summed E-state index contributed by atoms with van der Waals surface area (Å²) < 4.78 is 10.5. The van der Waals surface area contributed by atoms with E-state index in [1.54, 1.807) is 24.5 Å². The van der Waals surface area contributed by atoms with Gasteiger partial charge in [-0.3, -0.25) is 14.7 Å². The van der Waals surface area contributed by atoms with E-state index in [2.05, 4.69) is 20.7 Å². The zero-order valence-electron chi connectivity index (χ0n) is 17.4. The summed E-state index contributed by atoms with van der Waals surface area (Å²) in [6.45, 7) is 1.62. The summed E-state index contributed by atoms with van der Waals surface area (Å²) in [5.74, 6) is 0.706. The number of nitrogens with one attached hydrogen (secondary N) is 2. The minimum absolute atomic E-state index is 0.0464. The minimum Gasteiger partial charge on any atom is -0.467 e. The third-order valence-corrected chi connectivity index (χ3v) is 5.89. The largest absolute Gasteiger partial charge is 0.467 e. The van der Waals surface area contributed by atoms with Gasteiger partial charge in [0.1, 0.15) is 17.1 Å². The van der Waals surface area contributed by atoms with Crippen LogP contribution in [0.4, 0.5) is 0 Å². The SMILES string of the molecule is O=C(NCc1ccco1)c1cc(C2CCN(C(=O)Cc3noc4ccccc34)CC2)[nH]n1. The van der Waals surface area contributed by atoms with Crippen LogP contribution in [0, 0.1) is 0 Å². The molecule has 0 saturated carbocycles. The molecule has 5 rings (SSSR count). The zero-order chi connectivity index (χ0) is 21.9. The summed E-state index contributed by atoms with van der Waals surface area (Å²) >= 11 is 0. The third-order valence-electron chi connectivity index (χ3n) is 5.89. The first-order chi connectivity index (χ1) is 15.7. The number of nitrogens with zero attached hydrogens (tertiary/aromatic N) is 3. The van der Waals surface area contributed by atoms with Crippen molar-refractivity contribution in [2.75, 3.05) is 13.1 Å². The van der Waals surface area contributed by atoms with E-state index in [1.165, 1.54) is 0 Å². The van der Waals surface area contributed by atoms with Gasteiger partial charge in [0.15, 0.2) is 5.58 Å². The van der Waals surface area contributed by atoms with E-state index in [9.17, 15) is 9.59 Å². The lowest BCUT2D eigenvalue weighted by Gasteiger charge is -2.31. The normalized spacial score (nSPS) is 14.7. The van der Waals surface area contributed by atoms with Crippen LogP contribution in [0.25, 0.3) is 11.0 Å². The molecule has 32 heavy (non-hydrogen) atoms. The Morgan fingerprint density at radius 2 is 2.00 bits per heavy atom. The number of likely N-dealkylation sites (tertiary alicyclic amines) is 1. The summed E-state index contributed by atoms with van der Waals surface area (Å²) in [6.07, 6.45) is 3.41. The van der Waals surface area contributed by atoms with Crippen LogP contribution in [-0.4, -0.2) is 45.2 Å². The van der Waals surface area contributed by atoms with Crippen molar-refractivity contribution in [1.82, 2.24) is 25.6 Å². The summed E-state index contributed by atoms with van der Waals surface area (Å²) in [6, 6.07) is 12.9. The third kappa shape index (κ3) is 4.14. The Kier molecular flexibility index (Phi) is 5.45. The molecule has 4 heterocycles. The second-order valence-corrected chi connectivity index (χ2v) is 7.93. The number of furan rings is 1. The van der Waals surface area contributed by atoms with E-state index in [4.69, 9.17) is 8.94 Å². The van der Waals surface area contributed by atoms with Crippen molar-refractivity contribution in [2.45, 2.75) is 31.7 Å². The molecule has 0 bridgehead atoms. The van der Waals surface area contributed by atoms with Crippen LogP contribution in [0.5, 0.6) is 0 Å². The molecule has 0 radical (unpaired) electrons. The van der Waals surface area contributed by atoms with Crippen molar-refractivity contribution >= 4 is 22.8 Å². The van der Waals surface area contributed by atoms with Crippen molar-refractivity contribution in [3.8, 4) is 0 Å². The lowest BCUT2D eigenvalue weighted by atomic mass is 9.93. The van der Waals surface area contributed by atoms with Gasteiger partial charge in [-0.05, 0) is 43.2 Å². The van der Waals surface area contributed by atoms with Gasteiger partial charge in [-0.15, -0.1) is 0 Å². The highest BCUT2D eigenvalue weighted by Gasteiger charge is 2.26. The molecule has 4 aromatic rings. The maximum atomic E-state index is 12.8. The first-order valence-corrected chi connectivity index (χ1v) is 10.6. The second kappa shape index (κ2) is 8.70. The summed E-state index contributed by atoms with van der Waals surface area (Å²) in [5, 5.41) is 14.9. The molecule has 0 unspecified atom stereocenters. The maximum absolute atomic E-state index is 12.8. The lowest BCUT2D eigenvalue weighted by Crippen LogP contribution is -2.38. The molecular weight excluding hydrogens is 410 g/mol. The number of hydrogen-bond donors (Lipinski definition) is 2. The Morgan fingerprint density at radius 3 is 2.81 bits per heavy atom. The van der Waals surface area contributed by atoms with Crippen LogP contribution in [0.1, 0.15) is 46.4 Å². The van der Waals surface area contributed by atoms with Gasteiger partial charge < -0.3 is 19.2 Å². The van der Waals surface area contributed by atoms with E-state index in [1.807, 2.05) is 29.2 Å². The number of para-hydroxylation sites is 1. The quantitative estimate of drug-likeness (QED) is 0.483. The number of aromatic amines is 1. The van der Waals surface area contributed by atoms with E-state index < -0.39 is 0 Å². The van der Waals surface area contributed by atoms with E-state index in [0.29, 0.717) is 42.4 Å². The molecule has 1 aliphatic rings.